The van der Waals surface area contributed by atoms with Crippen LogP contribution in [0, 0.1) is 5.92 Å². The molecule has 0 saturated carbocycles. The van der Waals surface area contributed by atoms with Gasteiger partial charge in [-0.15, -0.1) is 0 Å². The summed E-state index contributed by atoms with van der Waals surface area (Å²) in [5.74, 6) is -0.122. The molecule has 2 aliphatic rings. The molecule has 0 bridgehead atoms. The molecule has 0 radical (unpaired) electrons. The van der Waals surface area contributed by atoms with Gasteiger partial charge in [0.05, 0.1) is 65.2 Å². The zero-order valence-corrected chi connectivity index (χ0v) is 35.7. The molecule has 0 aromatic heterocycles. The van der Waals surface area contributed by atoms with Crippen LogP contribution in [0.15, 0.2) is 194 Å². The van der Waals surface area contributed by atoms with E-state index >= 15 is 0 Å². The predicted octanol–water partition coefficient (Wildman–Crippen LogP) is 10.4. The van der Waals surface area contributed by atoms with Crippen LogP contribution in [0.5, 0.6) is 0 Å². The second-order valence-corrected chi connectivity index (χ2v) is 16.2. The lowest BCUT2D eigenvalue weighted by atomic mass is 9.84. The Morgan fingerprint density at radius 2 is 0.667 bits per heavy atom. The molecule has 0 N–H and O–H groups in total. The summed E-state index contributed by atoms with van der Waals surface area (Å²) >= 11 is 0. The van der Waals surface area contributed by atoms with E-state index in [1.807, 2.05) is 109 Å². The van der Waals surface area contributed by atoms with Crippen molar-refractivity contribution in [3.8, 4) is 0 Å². The molecule has 6 aromatic rings. The molecule has 8 heteroatoms. The fourth-order valence-electron chi connectivity index (χ4n) is 8.26. The van der Waals surface area contributed by atoms with Crippen molar-refractivity contribution >= 4 is 0 Å². The highest BCUT2D eigenvalue weighted by atomic mass is 16.6. The molecular formula is C55H58O8. The highest BCUT2D eigenvalue weighted by Crippen LogP contribution is 2.37. The lowest BCUT2D eigenvalue weighted by molar-refractivity contribution is -0.276. The molecule has 0 spiro atoms. The minimum Gasteiger partial charge on any atom is -0.493 e. The third kappa shape index (κ3) is 13.3. The molecule has 1 saturated heterocycles. The van der Waals surface area contributed by atoms with Gasteiger partial charge in [-0.3, -0.25) is 0 Å². The highest BCUT2D eigenvalue weighted by molar-refractivity contribution is 5.18. The Balaban J connectivity index is 1.11. The predicted molar refractivity (Wildman–Crippen MR) is 243 cm³/mol. The van der Waals surface area contributed by atoms with E-state index in [-0.39, 0.29) is 24.7 Å². The van der Waals surface area contributed by atoms with Crippen LogP contribution in [0.2, 0.25) is 0 Å². The maximum absolute atomic E-state index is 7.28. The van der Waals surface area contributed by atoms with Crippen LogP contribution < -0.4 is 0 Å². The molecule has 2 aliphatic heterocycles. The van der Waals surface area contributed by atoms with Crippen LogP contribution in [-0.2, 0) is 77.5 Å². The maximum atomic E-state index is 7.28. The first-order valence-corrected chi connectivity index (χ1v) is 22.1. The lowest BCUT2D eigenvalue weighted by Crippen LogP contribution is -2.61. The molecule has 0 aliphatic carbocycles. The van der Waals surface area contributed by atoms with Crippen molar-refractivity contribution in [2.45, 2.75) is 88.8 Å². The molecule has 0 amide bonds. The average molecular weight is 847 g/mol. The number of benzene rings is 6. The first kappa shape index (κ1) is 44.2. The van der Waals surface area contributed by atoms with Crippen molar-refractivity contribution < 1.29 is 37.9 Å². The van der Waals surface area contributed by atoms with Crippen LogP contribution >= 0.6 is 0 Å². The molecule has 1 fully saturated rings. The van der Waals surface area contributed by atoms with Gasteiger partial charge in [0.2, 0.25) is 0 Å². The summed E-state index contributed by atoms with van der Waals surface area (Å²) in [5.41, 5.74) is 6.43. The van der Waals surface area contributed by atoms with Gasteiger partial charge in [0.25, 0.3) is 0 Å². The van der Waals surface area contributed by atoms with E-state index in [1.165, 1.54) is 0 Å². The molecule has 0 unspecified atom stereocenters. The first-order chi connectivity index (χ1) is 31.2. The second-order valence-electron chi connectivity index (χ2n) is 16.2. The van der Waals surface area contributed by atoms with Crippen molar-refractivity contribution in [3.63, 3.8) is 0 Å². The fraction of sp³-hybridized carbons (Fsp3) is 0.309. The number of hydrogen-bond donors (Lipinski definition) is 0. The Kier molecular flexibility index (Phi) is 16.7. The van der Waals surface area contributed by atoms with Gasteiger partial charge in [-0.1, -0.05) is 182 Å². The van der Waals surface area contributed by atoms with Gasteiger partial charge in [0.1, 0.15) is 36.6 Å². The Labute approximate surface area is 372 Å². The van der Waals surface area contributed by atoms with Crippen LogP contribution in [0.25, 0.3) is 0 Å². The summed E-state index contributed by atoms with van der Waals surface area (Å²) in [6, 6.07) is 61.3. The molecule has 8 atom stereocenters. The van der Waals surface area contributed by atoms with E-state index in [1.54, 1.807) is 6.26 Å². The Morgan fingerprint density at radius 1 is 0.333 bits per heavy atom. The average Bonchev–Trinajstić information content (AvgIpc) is 3.34. The second kappa shape index (κ2) is 23.9. The van der Waals surface area contributed by atoms with E-state index in [4.69, 9.17) is 37.9 Å². The minimum absolute atomic E-state index is 0.122. The first-order valence-electron chi connectivity index (χ1n) is 22.1. The van der Waals surface area contributed by atoms with Crippen molar-refractivity contribution in [2.75, 3.05) is 13.2 Å². The van der Waals surface area contributed by atoms with Crippen LogP contribution in [-0.4, -0.2) is 55.9 Å². The van der Waals surface area contributed by atoms with Gasteiger partial charge in [0.15, 0.2) is 0 Å². The molecule has 8 nitrogen and oxygen atoms in total. The Morgan fingerprint density at radius 3 is 1.08 bits per heavy atom. The third-order valence-electron chi connectivity index (χ3n) is 11.5. The Bertz CT molecular complexity index is 2180. The monoisotopic (exact) mass is 846 g/mol. The van der Waals surface area contributed by atoms with E-state index < -0.39 is 30.5 Å². The quantitative estimate of drug-likeness (QED) is 0.0669. The molecule has 63 heavy (non-hydrogen) atoms. The summed E-state index contributed by atoms with van der Waals surface area (Å²) in [5, 5.41) is 0. The van der Waals surface area contributed by atoms with Gasteiger partial charge in [-0.2, -0.15) is 0 Å². The number of rotatable bonds is 22. The Hall–Kier alpha value is -5.42. The van der Waals surface area contributed by atoms with Crippen molar-refractivity contribution in [1.82, 2.24) is 0 Å². The highest BCUT2D eigenvalue weighted by Gasteiger charge is 2.50. The summed E-state index contributed by atoms with van der Waals surface area (Å²) in [4.78, 5) is 0. The molecule has 6 aromatic carbocycles. The molecule has 8 rings (SSSR count). The largest absolute Gasteiger partial charge is 0.493 e. The smallest absolute Gasteiger partial charge is 0.148 e. The molecule has 326 valence electrons. The molecular weight excluding hydrogens is 789 g/mol. The zero-order chi connectivity index (χ0) is 42.7. The van der Waals surface area contributed by atoms with Crippen LogP contribution in [0.3, 0.4) is 0 Å². The van der Waals surface area contributed by atoms with Gasteiger partial charge in [0, 0.05) is 5.92 Å². The summed E-state index contributed by atoms with van der Waals surface area (Å²) in [7, 11) is 0. The van der Waals surface area contributed by atoms with E-state index in [9.17, 15) is 0 Å². The summed E-state index contributed by atoms with van der Waals surface area (Å²) in [6.07, 6.45) is 1.20. The minimum atomic E-state index is -0.531. The van der Waals surface area contributed by atoms with Crippen molar-refractivity contribution in [3.05, 3.63) is 228 Å². The fourth-order valence-corrected chi connectivity index (χ4v) is 8.26. The zero-order valence-electron chi connectivity index (χ0n) is 35.7. The molecule has 2 heterocycles. The van der Waals surface area contributed by atoms with E-state index in [2.05, 4.69) is 78.9 Å². The van der Waals surface area contributed by atoms with E-state index in [0.717, 1.165) is 33.4 Å². The standard InChI is InChI=1S/C55H58O8/c1-7-19-42(20-8-1)34-56-40-50-52(59-36-44-23-11-3-12-24-44)48(31-32-58-50)33-49-53(60-37-45-25-13-4-14-26-45)55(62-39-47-29-17-6-18-30-47)54(61-38-46-27-15-5-16-28-46)51(63-49)41-57-35-43-21-9-2-10-22-43/h1-32,48-55H,33-41H2/t48-,49-,50+,51+,52-,53+,54+,55+/m0/s1. The SMILES string of the molecule is C1=C[C@@H](C[C@@H]2O[C@H](COCc3ccccc3)[C@@H](OCc3ccccc3)[C@H](OCc3ccccc3)[C@@H]2OCc2ccccc2)[C@H](OCc2ccccc2)[C@@H](COCc2ccccc2)O1. The summed E-state index contributed by atoms with van der Waals surface area (Å²) < 4.78 is 54.3. The lowest BCUT2D eigenvalue weighted by Gasteiger charge is -2.47. The number of ether oxygens (including phenoxy) is 8. The van der Waals surface area contributed by atoms with Crippen LogP contribution in [0.4, 0.5) is 0 Å². The van der Waals surface area contributed by atoms with Crippen molar-refractivity contribution in [1.29, 1.82) is 0 Å². The maximum Gasteiger partial charge on any atom is 0.148 e. The van der Waals surface area contributed by atoms with Crippen molar-refractivity contribution in [2.24, 2.45) is 5.92 Å². The van der Waals surface area contributed by atoms with Gasteiger partial charge in [-0.05, 0) is 45.9 Å². The third-order valence-corrected chi connectivity index (χ3v) is 11.5. The topological polar surface area (TPSA) is 73.8 Å². The summed E-state index contributed by atoms with van der Waals surface area (Å²) in [6.45, 7) is 3.06. The van der Waals surface area contributed by atoms with Gasteiger partial charge >= 0.3 is 0 Å². The number of hydrogen-bond acceptors (Lipinski definition) is 8. The van der Waals surface area contributed by atoms with Gasteiger partial charge < -0.3 is 37.9 Å². The van der Waals surface area contributed by atoms with Gasteiger partial charge in [-0.25, -0.2) is 0 Å². The van der Waals surface area contributed by atoms with Crippen LogP contribution in [0.1, 0.15) is 39.8 Å². The normalized spacial score (nSPS) is 23.2. The van der Waals surface area contributed by atoms with E-state index in [0.29, 0.717) is 52.7 Å².